The van der Waals surface area contributed by atoms with E-state index in [9.17, 15) is 18.0 Å². The van der Waals surface area contributed by atoms with Gasteiger partial charge in [0.25, 0.3) is 0 Å². The van der Waals surface area contributed by atoms with Crippen LogP contribution in [0.4, 0.5) is 13.2 Å². The summed E-state index contributed by atoms with van der Waals surface area (Å²) in [6.45, 7) is 5.14. The molecule has 0 bridgehead atoms. The van der Waals surface area contributed by atoms with Gasteiger partial charge in [0.15, 0.2) is 0 Å². The maximum absolute atomic E-state index is 13.7. The summed E-state index contributed by atoms with van der Waals surface area (Å²) in [6, 6.07) is 9.03. The Balaban J connectivity index is 1.67. The zero-order valence-corrected chi connectivity index (χ0v) is 18.5. The van der Waals surface area contributed by atoms with Gasteiger partial charge in [0.05, 0.1) is 17.0 Å². The Labute approximate surface area is 187 Å². The highest BCUT2D eigenvalue weighted by Gasteiger charge is 2.35. The standard InChI is InChI=1S/C22H22F3N5O3/c1-13(14-7-5-10-19-15(14)11-21(2,3)33-19)26-32-12-16-17(22(23,24)25)8-6-9-18(16)30-20(31)29(4)27-28-30/h5-10H,11-12H2,1-4H3. The number of nitrogens with zero attached hydrogens (tertiary/aromatic N) is 5. The molecule has 8 nitrogen and oxygen atoms in total. The molecule has 0 unspecified atom stereocenters. The molecule has 0 atom stereocenters. The van der Waals surface area contributed by atoms with Crippen molar-refractivity contribution in [3.05, 3.63) is 69.1 Å². The van der Waals surface area contributed by atoms with Crippen LogP contribution in [0.1, 0.15) is 43.0 Å². The molecule has 2 aromatic carbocycles. The van der Waals surface area contributed by atoms with Crippen molar-refractivity contribution in [1.29, 1.82) is 0 Å². The second kappa shape index (κ2) is 8.05. The summed E-state index contributed by atoms with van der Waals surface area (Å²) in [7, 11) is 1.35. The molecule has 0 N–H and O–H groups in total. The number of halogens is 3. The number of aromatic nitrogens is 4. The van der Waals surface area contributed by atoms with Crippen LogP contribution in [-0.2, 0) is 31.1 Å². The number of oxime groups is 1. The van der Waals surface area contributed by atoms with Gasteiger partial charge in [0, 0.05) is 30.2 Å². The first kappa shape index (κ1) is 22.6. The third-order valence-electron chi connectivity index (χ3n) is 5.33. The molecule has 0 aliphatic carbocycles. The molecule has 0 radical (unpaired) electrons. The Morgan fingerprint density at radius 3 is 2.61 bits per heavy atom. The van der Waals surface area contributed by atoms with E-state index in [0.717, 1.165) is 32.3 Å². The van der Waals surface area contributed by atoms with E-state index in [1.165, 1.54) is 19.2 Å². The minimum atomic E-state index is -4.66. The van der Waals surface area contributed by atoms with Crippen molar-refractivity contribution in [1.82, 2.24) is 19.8 Å². The normalized spacial score (nSPS) is 15.3. The second-order valence-electron chi connectivity index (χ2n) is 8.37. The fourth-order valence-electron chi connectivity index (χ4n) is 3.84. The molecule has 1 aliphatic heterocycles. The number of hydrogen-bond acceptors (Lipinski definition) is 6. The smallest absolute Gasteiger partial charge is 0.416 e. The van der Waals surface area contributed by atoms with Crippen molar-refractivity contribution in [2.45, 2.75) is 45.6 Å². The highest BCUT2D eigenvalue weighted by Crippen LogP contribution is 2.37. The van der Waals surface area contributed by atoms with Gasteiger partial charge in [-0.25, -0.2) is 4.79 Å². The van der Waals surface area contributed by atoms with E-state index >= 15 is 0 Å². The molecular formula is C22H22F3N5O3. The maximum atomic E-state index is 13.7. The summed E-state index contributed by atoms with van der Waals surface area (Å²) in [5.41, 5.74) is -0.0695. The van der Waals surface area contributed by atoms with Crippen molar-refractivity contribution in [2.24, 2.45) is 12.2 Å². The van der Waals surface area contributed by atoms with E-state index in [1.54, 1.807) is 6.92 Å². The first-order valence-corrected chi connectivity index (χ1v) is 10.1. The average molecular weight is 461 g/mol. The van der Waals surface area contributed by atoms with Gasteiger partial charge in [0.1, 0.15) is 18.0 Å². The van der Waals surface area contributed by atoms with Crippen LogP contribution >= 0.6 is 0 Å². The number of rotatable bonds is 5. The van der Waals surface area contributed by atoms with Crippen LogP contribution in [0.25, 0.3) is 5.69 Å². The monoisotopic (exact) mass is 461 g/mol. The first-order chi connectivity index (χ1) is 15.5. The van der Waals surface area contributed by atoms with Crippen LogP contribution in [0.15, 0.2) is 46.3 Å². The molecule has 0 saturated carbocycles. The second-order valence-corrected chi connectivity index (χ2v) is 8.37. The number of tetrazole rings is 1. The van der Waals surface area contributed by atoms with E-state index in [1.807, 2.05) is 32.0 Å². The predicted molar refractivity (Wildman–Crippen MR) is 113 cm³/mol. The lowest BCUT2D eigenvalue weighted by molar-refractivity contribution is -0.138. The Morgan fingerprint density at radius 2 is 1.94 bits per heavy atom. The first-order valence-electron chi connectivity index (χ1n) is 10.1. The molecule has 0 fully saturated rings. The van der Waals surface area contributed by atoms with Crippen molar-refractivity contribution < 1.29 is 22.7 Å². The van der Waals surface area contributed by atoms with Crippen LogP contribution in [0, 0.1) is 0 Å². The lowest BCUT2D eigenvalue weighted by Gasteiger charge is -2.16. The van der Waals surface area contributed by atoms with Crippen LogP contribution < -0.4 is 10.4 Å². The Morgan fingerprint density at radius 1 is 1.21 bits per heavy atom. The molecule has 4 rings (SSSR count). The third kappa shape index (κ3) is 4.35. The summed E-state index contributed by atoms with van der Waals surface area (Å²) in [4.78, 5) is 17.6. The van der Waals surface area contributed by atoms with Crippen molar-refractivity contribution in [3.63, 3.8) is 0 Å². The molecule has 174 valence electrons. The molecule has 1 aromatic heterocycles. The van der Waals surface area contributed by atoms with Gasteiger partial charge in [-0.1, -0.05) is 23.4 Å². The molecule has 1 aliphatic rings. The highest BCUT2D eigenvalue weighted by molar-refractivity contribution is 6.00. The number of hydrogen-bond donors (Lipinski definition) is 0. The minimum absolute atomic E-state index is 0.0773. The quantitative estimate of drug-likeness (QED) is 0.428. The zero-order valence-electron chi connectivity index (χ0n) is 18.5. The molecule has 0 amide bonds. The van der Waals surface area contributed by atoms with Gasteiger partial charge >= 0.3 is 11.9 Å². The fourth-order valence-corrected chi connectivity index (χ4v) is 3.84. The molecular weight excluding hydrogens is 439 g/mol. The predicted octanol–water partition coefficient (Wildman–Crippen LogP) is 3.64. The van der Waals surface area contributed by atoms with E-state index in [0.29, 0.717) is 12.1 Å². The number of ether oxygens (including phenoxy) is 1. The molecule has 0 spiro atoms. The number of aryl methyl sites for hydroxylation is 1. The van der Waals surface area contributed by atoms with Gasteiger partial charge in [-0.3, -0.25) is 0 Å². The lowest BCUT2D eigenvalue weighted by atomic mass is 9.95. The summed E-state index contributed by atoms with van der Waals surface area (Å²) in [6.07, 6.45) is -4.00. The summed E-state index contributed by atoms with van der Waals surface area (Å²) in [5.74, 6) is 0.749. The van der Waals surface area contributed by atoms with E-state index in [2.05, 4.69) is 15.6 Å². The van der Waals surface area contributed by atoms with Gasteiger partial charge in [-0.05, 0) is 49.4 Å². The number of benzene rings is 2. The summed E-state index contributed by atoms with van der Waals surface area (Å²) < 4.78 is 48.7. The Bertz CT molecular complexity index is 1290. The van der Waals surface area contributed by atoms with E-state index in [-0.39, 0.29) is 16.9 Å². The fraction of sp³-hybridized carbons (Fsp3) is 0.364. The SMILES string of the molecule is CC(=NOCc1c(-n2nnn(C)c2=O)cccc1C(F)(F)F)c1cccc2c1CC(C)(C)O2. The van der Waals surface area contributed by atoms with Gasteiger partial charge in [0.2, 0.25) is 0 Å². The largest absolute Gasteiger partial charge is 0.487 e. The summed E-state index contributed by atoms with van der Waals surface area (Å²) >= 11 is 0. The van der Waals surface area contributed by atoms with Crippen LogP contribution in [0.2, 0.25) is 0 Å². The van der Waals surface area contributed by atoms with Crippen LogP contribution in [-0.4, -0.2) is 31.1 Å². The zero-order chi connectivity index (χ0) is 24.0. The van der Waals surface area contributed by atoms with E-state index in [4.69, 9.17) is 9.57 Å². The van der Waals surface area contributed by atoms with Crippen molar-refractivity contribution in [2.75, 3.05) is 0 Å². The minimum Gasteiger partial charge on any atom is -0.487 e. The van der Waals surface area contributed by atoms with Gasteiger partial charge < -0.3 is 9.57 Å². The molecule has 0 saturated heterocycles. The average Bonchev–Trinajstić information content (AvgIpc) is 3.24. The van der Waals surface area contributed by atoms with E-state index < -0.39 is 24.0 Å². The third-order valence-corrected chi connectivity index (χ3v) is 5.33. The van der Waals surface area contributed by atoms with Gasteiger partial charge in [-0.2, -0.15) is 22.5 Å². The number of fused-ring (bicyclic) bond motifs is 1. The molecule has 33 heavy (non-hydrogen) atoms. The number of alkyl halides is 3. The van der Waals surface area contributed by atoms with Crippen molar-refractivity contribution >= 4 is 5.71 Å². The Kier molecular flexibility index (Phi) is 5.51. The van der Waals surface area contributed by atoms with Crippen LogP contribution in [0.3, 0.4) is 0 Å². The molecule has 11 heteroatoms. The summed E-state index contributed by atoms with van der Waals surface area (Å²) in [5, 5.41) is 11.3. The van der Waals surface area contributed by atoms with Crippen molar-refractivity contribution in [3.8, 4) is 11.4 Å². The van der Waals surface area contributed by atoms with Crippen LogP contribution in [0.5, 0.6) is 5.75 Å². The maximum Gasteiger partial charge on any atom is 0.416 e. The molecule has 2 heterocycles. The van der Waals surface area contributed by atoms with Gasteiger partial charge in [-0.15, -0.1) is 0 Å². The Hall–Kier alpha value is -3.63. The lowest BCUT2D eigenvalue weighted by Crippen LogP contribution is -2.24. The topological polar surface area (TPSA) is 83.5 Å². The highest BCUT2D eigenvalue weighted by atomic mass is 19.4. The molecule has 3 aromatic rings.